The number of aliphatic imine (C=N–C) groups is 1. The largest absolute Gasteiger partial charge is 0.453 e. The van der Waals surface area contributed by atoms with Gasteiger partial charge in [-0.05, 0) is 73.2 Å². The van der Waals surface area contributed by atoms with Gasteiger partial charge in [0.15, 0.2) is 6.04 Å². The molecule has 17 heteroatoms. The number of H-pyrrole nitrogens is 2. The van der Waals surface area contributed by atoms with E-state index in [1.165, 1.54) is 14.2 Å². The lowest BCUT2D eigenvalue weighted by Crippen LogP contribution is -2.42. The first kappa shape index (κ1) is 39.6. The standard InChI is InChI=1S/C43H44N10O7/c1-58-43(57)51-37(27-13-7-4-8-14-27)41(55)53-22-10-16-35(53)39-48-31-20-18-29(24-33(31)50-39)46-42(56)45-28-17-19-30-32(23-28)49-38(47-30)34-15-9-21-52(34)40(54)36(44-25-60-59-2)26-11-5-3-6-12-26/h3-8,11-14,17-20,23-25,34-37H,9-10,15-16,21-22H2,1-2H3,(H,47,49)(H,48,50)(H,51,57)(H2,45,46,56)/b44-25-/t34-,35-,36+,37+/m0/s1. The molecule has 0 unspecified atom stereocenters. The normalized spacial score (nSPS) is 17.5. The van der Waals surface area contributed by atoms with E-state index in [4.69, 9.17) is 19.6 Å². The number of rotatable bonds is 12. The van der Waals surface area contributed by atoms with Crippen LogP contribution in [0.2, 0.25) is 0 Å². The number of aromatic nitrogens is 4. The van der Waals surface area contributed by atoms with Crippen molar-refractivity contribution in [1.82, 2.24) is 35.1 Å². The highest BCUT2D eigenvalue weighted by Gasteiger charge is 2.38. The number of methoxy groups -OCH3 is 1. The molecule has 0 spiro atoms. The minimum Gasteiger partial charge on any atom is -0.453 e. The van der Waals surface area contributed by atoms with E-state index in [0.29, 0.717) is 64.6 Å². The van der Waals surface area contributed by atoms with Crippen LogP contribution in [-0.2, 0) is 24.1 Å². The molecule has 2 saturated heterocycles. The minimum absolute atomic E-state index is 0.180. The highest BCUT2D eigenvalue weighted by molar-refractivity contribution is 6.01. The highest BCUT2D eigenvalue weighted by atomic mass is 17.2. The summed E-state index contributed by atoms with van der Waals surface area (Å²) in [6.07, 6.45) is 3.41. The number of ether oxygens (including phenoxy) is 1. The fourth-order valence-electron chi connectivity index (χ4n) is 7.94. The summed E-state index contributed by atoms with van der Waals surface area (Å²) in [4.78, 5) is 87.1. The molecule has 2 aromatic heterocycles. The summed E-state index contributed by atoms with van der Waals surface area (Å²) in [6.45, 7) is 1.05. The number of carbonyl (C=O) groups excluding carboxylic acids is 4. The molecule has 2 aliphatic heterocycles. The van der Waals surface area contributed by atoms with Gasteiger partial charge in [-0.1, -0.05) is 60.7 Å². The fraction of sp³-hybridized carbons (Fsp3) is 0.279. The summed E-state index contributed by atoms with van der Waals surface area (Å²) in [7, 11) is 2.62. The minimum atomic E-state index is -0.927. The second-order valence-corrected chi connectivity index (χ2v) is 14.5. The van der Waals surface area contributed by atoms with Crippen molar-refractivity contribution < 1.29 is 33.7 Å². The predicted molar refractivity (Wildman–Crippen MR) is 223 cm³/mol. The van der Waals surface area contributed by atoms with Gasteiger partial charge in [-0.15, -0.1) is 0 Å². The quantitative estimate of drug-likeness (QED) is 0.0378. The molecule has 6 aromatic rings. The summed E-state index contributed by atoms with van der Waals surface area (Å²) in [6, 6.07) is 26.2. The maximum absolute atomic E-state index is 13.9. The van der Waals surface area contributed by atoms with E-state index < -0.39 is 24.2 Å². The first-order chi connectivity index (χ1) is 29.3. The number of anilines is 2. The molecule has 0 radical (unpaired) electrons. The van der Waals surface area contributed by atoms with E-state index in [1.807, 2.05) is 60.7 Å². The first-order valence-electron chi connectivity index (χ1n) is 19.6. The maximum Gasteiger partial charge on any atom is 0.407 e. The van der Waals surface area contributed by atoms with Crippen molar-refractivity contribution in [3.05, 3.63) is 120 Å². The summed E-state index contributed by atoms with van der Waals surface area (Å²) >= 11 is 0. The van der Waals surface area contributed by atoms with Crippen LogP contribution in [0.1, 0.15) is 72.6 Å². The molecule has 0 bridgehead atoms. The van der Waals surface area contributed by atoms with E-state index >= 15 is 0 Å². The van der Waals surface area contributed by atoms with Gasteiger partial charge in [0.05, 0.1) is 48.4 Å². The number of fused-ring (bicyclic) bond motifs is 2. The van der Waals surface area contributed by atoms with Gasteiger partial charge in [-0.3, -0.25) is 9.59 Å². The summed E-state index contributed by atoms with van der Waals surface area (Å²) in [5.74, 6) is 0.815. The molecular weight excluding hydrogens is 769 g/mol. The third kappa shape index (κ3) is 8.47. The van der Waals surface area contributed by atoms with Gasteiger partial charge in [0, 0.05) is 24.5 Å². The average molecular weight is 813 g/mol. The van der Waals surface area contributed by atoms with Gasteiger partial charge >= 0.3 is 12.1 Å². The van der Waals surface area contributed by atoms with Crippen LogP contribution < -0.4 is 16.0 Å². The predicted octanol–water partition coefficient (Wildman–Crippen LogP) is 6.86. The van der Waals surface area contributed by atoms with E-state index in [1.54, 1.807) is 46.2 Å². The molecule has 60 heavy (non-hydrogen) atoms. The van der Waals surface area contributed by atoms with Crippen molar-refractivity contribution in [3.8, 4) is 0 Å². The van der Waals surface area contributed by atoms with E-state index in [0.717, 1.165) is 36.7 Å². The van der Waals surface area contributed by atoms with Crippen molar-refractivity contribution in [2.45, 2.75) is 49.9 Å². The summed E-state index contributed by atoms with van der Waals surface area (Å²) < 4.78 is 4.81. The Kier molecular flexibility index (Phi) is 11.7. The Labute approximate surface area is 344 Å². The number of hydrogen-bond donors (Lipinski definition) is 5. The molecule has 308 valence electrons. The van der Waals surface area contributed by atoms with Crippen LogP contribution in [-0.4, -0.2) is 87.4 Å². The van der Waals surface area contributed by atoms with Crippen molar-refractivity contribution in [2.24, 2.45) is 4.99 Å². The zero-order valence-corrected chi connectivity index (χ0v) is 33.0. The number of likely N-dealkylation sites (tertiary alicyclic amines) is 2. The number of hydrogen-bond acceptors (Lipinski definition) is 10. The molecule has 8 rings (SSSR count). The van der Waals surface area contributed by atoms with Crippen LogP contribution >= 0.6 is 0 Å². The summed E-state index contributed by atoms with van der Waals surface area (Å²) in [5, 5.41) is 8.46. The van der Waals surface area contributed by atoms with Crippen LogP contribution in [0.25, 0.3) is 22.1 Å². The lowest BCUT2D eigenvalue weighted by molar-refractivity contribution is -0.188. The maximum atomic E-state index is 13.9. The number of urea groups is 1. The molecule has 17 nitrogen and oxygen atoms in total. The van der Waals surface area contributed by atoms with Gasteiger partial charge in [0.25, 0.3) is 11.8 Å². The van der Waals surface area contributed by atoms with Gasteiger partial charge in [0.1, 0.15) is 17.7 Å². The fourth-order valence-corrected chi connectivity index (χ4v) is 7.94. The van der Waals surface area contributed by atoms with Gasteiger partial charge in [-0.25, -0.2) is 24.5 Å². The lowest BCUT2D eigenvalue weighted by atomic mass is 10.1. The molecular formula is C43H44N10O7. The molecule has 4 aromatic carbocycles. The Morgan fingerprint density at radius 1 is 0.733 bits per heavy atom. The Hall–Kier alpha value is -7.27. The number of aromatic amines is 2. The number of nitrogens with zero attached hydrogens (tertiary/aromatic N) is 5. The second kappa shape index (κ2) is 17.7. The lowest BCUT2D eigenvalue weighted by Gasteiger charge is -2.28. The molecule has 5 amide bonds. The van der Waals surface area contributed by atoms with E-state index in [9.17, 15) is 19.2 Å². The third-order valence-corrected chi connectivity index (χ3v) is 10.7. The Bertz CT molecular complexity index is 2530. The Balaban J connectivity index is 0.933. The number of nitrogens with one attached hydrogen (secondary N) is 5. The van der Waals surface area contributed by atoms with Crippen LogP contribution in [0, 0.1) is 0 Å². The first-order valence-corrected chi connectivity index (χ1v) is 19.6. The van der Waals surface area contributed by atoms with Crippen molar-refractivity contribution >= 4 is 63.8 Å². The number of amides is 5. The molecule has 0 saturated carbocycles. The van der Waals surface area contributed by atoms with Crippen LogP contribution in [0.4, 0.5) is 21.0 Å². The van der Waals surface area contributed by atoms with Gasteiger partial charge in [0.2, 0.25) is 6.40 Å². The van der Waals surface area contributed by atoms with Crippen molar-refractivity contribution in [2.75, 3.05) is 37.9 Å². The SMILES string of the molecule is COO/C=N\[C@@H](C(=O)N1CCC[C@H]1c1nc2ccc(NC(=O)Nc3ccc4[nH]c([C@@H]5CCCN5C(=O)[C@H](NC(=O)OC)c5ccccc5)nc4c3)cc2[nH]1)c1ccccc1. The molecule has 4 heterocycles. The number of alkyl carbamates (subject to hydrolysis) is 1. The van der Waals surface area contributed by atoms with Crippen LogP contribution in [0.15, 0.2) is 102 Å². The second-order valence-electron chi connectivity index (χ2n) is 14.5. The molecule has 5 N–H and O–H groups in total. The molecule has 0 aliphatic carbocycles. The zero-order valence-electron chi connectivity index (χ0n) is 33.0. The van der Waals surface area contributed by atoms with E-state index in [-0.39, 0.29) is 23.9 Å². The zero-order chi connectivity index (χ0) is 41.6. The average Bonchev–Trinajstić information content (AvgIpc) is 4.10. The van der Waals surface area contributed by atoms with Crippen LogP contribution in [0.5, 0.6) is 0 Å². The van der Waals surface area contributed by atoms with Crippen molar-refractivity contribution in [1.29, 1.82) is 0 Å². The van der Waals surface area contributed by atoms with Gasteiger partial charge in [-0.2, -0.15) is 4.89 Å². The number of benzene rings is 4. The molecule has 2 aliphatic rings. The number of imidazole rings is 2. The monoisotopic (exact) mass is 812 g/mol. The molecule has 2 fully saturated rings. The smallest absolute Gasteiger partial charge is 0.407 e. The van der Waals surface area contributed by atoms with Crippen LogP contribution in [0.3, 0.4) is 0 Å². The number of carbonyl (C=O) groups is 4. The Morgan fingerprint density at radius 2 is 1.33 bits per heavy atom. The molecule has 4 atom stereocenters. The Morgan fingerprint density at radius 3 is 2.00 bits per heavy atom. The van der Waals surface area contributed by atoms with E-state index in [2.05, 4.69) is 35.8 Å². The highest BCUT2D eigenvalue weighted by Crippen LogP contribution is 2.36. The topological polar surface area (TPSA) is 208 Å². The summed E-state index contributed by atoms with van der Waals surface area (Å²) in [5.41, 5.74) is 5.19. The van der Waals surface area contributed by atoms with Gasteiger partial charge < -0.3 is 45.3 Å². The van der Waals surface area contributed by atoms with Crippen molar-refractivity contribution in [3.63, 3.8) is 0 Å². The third-order valence-electron chi connectivity index (χ3n) is 10.7.